The summed E-state index contributed by atoms with van der Waals surface area (Å²) in [5.74, 6) is 1.81. The van der Waals surface area contributed by atoms with Crippen LogP contribution >= 0.6 is 12.2 Å². The number of hydrogen-bond donors (Lipinski definition) is 1. The van der Waals surface area contributed by atoms with Crippen LogP contribution in [0, 0.1) is 11.8 Å². The second kappa shape index (κ2) is 8.45. The molecule has 2 aromatic carbocycles. The molecule has 3 fully saturated rings. The average Bonchev–Trinajstić information content (AvgIpc) is 3.39. The van der Waals surface area contributed by atoms with Crippen LogP contribution in [0.25, 0.3) is 0 Å². The molecule has 0 radical (unpaired) electrons. The molecule has 1 N–H and O–H groups in total. The smallest absolute Gasteiger partial charge is 0.169 e. The molecule has 1 aliphatic heterocycles. The van der Waals surface area contributed by atoms with E-state index in [0.717, 1.165) is 43.1 Å². The Kier molecular flexibility index (Phi) is 5.56. The maximum atomic E-state index is 5.81. The van der Waals surface area contributed by atoms with E-state index in [2.05, 4.69) is 75.8 Å². The molecule has 1 heterocycles. The zero-order valence-electron chi connectivity index (χ0n) is 17.0. The third kappa shape index (κ3) is 4.06. The van der Waals surface area contributed by atoms with Gasteiger partial charge < -0.3 is 10.2 Å². The van der Waals surface area contributed by atoms with E-state index in [1.54, 1.807) is 0 Å². The fourth-order valence-electron chi connectivity index (χ4n) is 5.74. The van der Waals surface area contributed by atoms with Crippen LogP contribution in [0.15, 0.2) is 60.7 Å². The summed E-state index contributed by atoms with van der Waals surface area (Å²) in [5.41, 5.74) is 2.74. The van der Waals surface area contributed by atoms with Crippen LogP contribution in [0.4, 0.5) is 0 Å². The molecule has 29 heavy (non-hydrogen) atoms. The maximum Gasteiger partial charge on any atom is 0.169 e. The summed E-state index contributed by atoms with van der Waals surface area (Å²) in [7, 11) is 0. The van der Waals surface area contributed by atoms with E-state index in [0.29, 0.717) is 12.1 Å². The number of hydrogen-bond acceptors (Lipinski definition) is 2. The van der Waals surface area contributed by atoms with Crippen molar-refractivity contribution in [3.05, 3.63) is 71.8 Å². The summed E-state index contributed by atoms with van der Waals surface area (Å²) in [6.07, 6.45) is 5.59. The van der Waals surface area contributed by atoms with Gasteiger partial charge in [0.05, 0.1) is 6.04 Å². The number of nitrogens with zero attached hydrogens (tertiary/aromatic N) is 2. The van der Waals surface area contributed by atoms with Crippen molar-refractivity contribution < 1.29 is 0 Å². The van der Waals surface area contributed by atoms with Crippen molar-refractivity contribution >= 4 is 17.3 Å². The first-order valence-electron chi connectivity index (χ1n) is 11.2. The molecular formula is C25H31N3S. The summed E-state index contributed by atoms with van der Waals surface area (Å²) in [6, 6.07) is 22.8. The van der Waals surface area contributed by atoms with Crippen molar-refractivity contribution in [1.29, 1.82) is 0 Å². The Morgan fingerprint density at radius 3 is 1.97 bits per heavy atom. The fraction of sp³-hybridized carbons (Fsp3) is 0.480. The SMILES string of the molecule is S=C(N[C@@H]1C[C@H]2CC[C@H]1C2)N1CCN(C(c2ccccc2)c2ccccc2)CC1. The topological polar surface area (TPSA) is 18.5 Å². The zero-order chi connectivity index (χ0) is 19.6. The Hall–Kier alpha value is -1.91. The molecule has 5 rings (SSSR count). The van der Waals surface area contributed by atoms with Crippen molar-refractivity contribution in [3.63, 3.8) is 0 Å². The van der Waals surface area contributed by atoms with Crippen LogP contribution in [0.3, 0.4) is 0 Å². The molecule has 2 aliphatic carbocycles. The summed E-state index contributed by atoms with van der Waals surface area (Å²) in [5, 5.41) is 4.71. The highest BCUT2D eigenvalue weighted by atomic mass is 32.1. The van der Waals surface area contributed by atoms with Gasteiger partial charge in [0.2, 0.25) is 0 Å². The fourth-order valence-corrected chi connectivity index (χ4v) is 6.07. The standard InChI is InChI=1S/C25H31N3S/c29-25(26-23-18-19-11-12-22(23)17-19)28-15-13-27(14-16-28)24(20-7-3-1-4-8-20)21-9-5-2-6-10-21/h1-10,19,22-24H,11-18H2,(H,26,29)/t19-,22-,23+/m0/s1. The largest absolute Gasteiger partial charge is 0.360 e. The highest BCUT2D eigenvalue weighted by Gasteiger charge is 2.40. The lowest BCUT2D eigenvalue weighted by Crippen LogP contribution is -2.54. The van der Waals surface area contributed by atoms with Gasteiger partial charge >= 0.3 is 0 Å². The van der Waals surface area contributed by atoms with Crippen LogP contribution < -0.4 is 5.32 Å². The Morgan fingerprint density at radius 1 is 0.828 bits per heavy atom. The molecule has 4 heteroatoms. The Balaban J connectivity index is 1.24. The summed E-state index contributed by atoms with van der Waals surface area (Å²) < 4.78 is 0. The van der Waals surface area contributed by atoms with Gasteiger partial charge in [-0.05, 0) is 54.4 Å². The van der Waals surface area contributed by atoms with Crippen LogP contribution in [0.1, 0.15) is 42.9 Å². The lowest BCUT2D eigenvalue weighted by molar-refractivity contribution is 0.148. The lowest BCUT2D eigenvalue weighted by Gasteiger charge is -2.41. The first kappa shape index (κ1) is 19.1. The van der Waals surface area contributed by atoms with Gasteiger partial charge in [0.15, 0.2) is 5.11 Å². The minimum absolute atomic E-state index is 0.312. The first-order chi connectivity index (χ1) is 14.3. The first-order valence-corrected chi connectivity index (χ1v) is 11.6. The third-order valence-corrected chi connectivity index (χ3v) is 7.62. The molecular weight excluding hydrogens is 374 g/mol. The second-order valence-corrected chi connectivity index (χ2v) is 9.36. The van der Waals surface area contributed by atoms with Gasteiger partial charge in [0, 0.05) is 32.2 Å². The zero-order valence-corrected chi connectivity index (χ0v) is 17.9. The lowest BCUT2D eigenvalue weighted by atomic mass is 9.95. The van der Waals surface area contributed by atoms with E-state index in [1.165, 1.54) is 36.8 Å². The third-order valence-electron chi connectivity index (χ3n) is 7.24. The average molecular weight is 406 g/mol. The number of piperazine rings is 1. The van der Waals surface area contributed by atoms with E-state index in [4.69, 9.17) is 12.2 Å². The van der Waals surface area contributed by atoms with Crippen LogP contribution in [-0.2, 0) is 0 Å². The van der Waals surface area contributed by atoms with Crippen molar-refractivity contribution in [2.45, 2.75) is 37.8 Å². The van der Waals surface area contributed by atoms with Gasteiger partial charge in [-0.1, -0.05) is 67.1 Å². The van der Waals surface area contributed by atoms with E-state index in [-0.39, 0.29) is 0 Å². The number of nitrogens with one attached hydrogen (secondary N) is 1. The molecule has 0 unspecified atom stereocenters. The predicted molar refractivity (Wildman–Crippen MR) is 123 cm³/mol. The van der Waals surface area contributed by atoms with Crippen molar-refractivity contribution in [2.75, 3.05) is 26.2 Å². The van der Waals surface area contributed by atoms with Crippen molar-refractivity contribution in [2.24, 2.45) is 11.8 Å². The van der Waals surface area contributed by atoms with Gasteiger partial charge in [-0.15, -0.1) is 0 Å². The number of fused-ring (bicyclic) bond motifs is 2. The molecule has 0 aromatic heterocycles. The summed E-state index contributed by atoms with van der Waals surface area (Å²) in [6.45, 7) is 4.08. The van der Waals surface area contributed by atoms with Gasteiger partial charge in [-0.25, -0.2) is 0 Å². The minimum Gasteiger partial charge on any atom is -0.360 e. The Labute approximate surface area is 180 Å². The highest BCUT2D eigenvalue weighted by molar-refractivity contribution is 7.80. The molecule has 2 bridgehead atoms. The van der Waals surface area contributed by atoms with Crippen molar-refractivity contribution in [1.82, 2.24) is 15.1 Å². The molecule has 3 nitrogen and oxygen atoms in total. The Bertz CT molecular complexity index is 777. The van der Waals surface area contributed by atoms with Gasteiger partial charge in [-0.2, -0.15) is 0 Å². The summed E-state index contributed by atoms with van der Waals surface area (Å²) >= 11 is 5.81. The maximum absolute atomic E-state index is 5.81. The number of thiocarbonyl (C=S) groups is 1. The van der Waals surface area contributed by atoms with E-state index < -0.39 is 0 Å². The van der Waals surface area contributed by atoms with Gasteiger partial charge in [-0.3, -0.25) is 4.90 Å². The molecule has 2 saturated carbocycles. The molecule has 3 aliphatic rings. The highest BCUT2D eigenvalue weighted by Crippen LogP contribution is 2.44. The molecule has 0 amide bonds. The number of benzene rings is 2. The minimum atomic E-state index is 0.312. The Morgan fingerprint density at radius 2 is 1.45 bits per heavy atom. The second-order valence-electron chi connectivity index (χ2n) is 8.98. The predicted octanol–water partition coefficient (Wildman–Crippen LogP) is 4.46. The van der Waals surface area contributed by atoms with Crippen LogP contribution in [0.5, 0.6) is 0 Å². The van der Waals surface area contributed by atoms with E-state index >= 15 is 0 Å². The quantitative estimate of drug-likeness (QED) is 0.757. The number of rotatable bonds is 4. The van der Waals surface area contributed by atoms with Crippen LogP contribution in [-0.4, -0.2) is 47.1 Å². The summed E-state index contributed by atoms with van der Waals surface area (Å²) in [4.78, 5) is 5.01. The molecule has 1 saturated heterocycles. The molecule has 152 valence electrons. The molecule has 0 spiro atoms. The van der Waals surface area contributed by atoms with Crippen LogP contribution in [0.2, 0.25) is 0 Å². The van der Waals surface area contributed by atoms with E-state index in [1.807, 2.05) is 0 Å². The van der Waals surface area contributed by atoms with Gasteiger partial charge in [0.1, 0.15) is 0 Å². The normalized spacial score (nSPS) is 26.8. The monoisotopic (exact) mass is 405 g/mol. The van der Waals surface area contributed by atoms with Gasteiger partial charge in [0.25, 0.3) is 0 Å². The molecule has 2 aromatic rings. The van der Waals surface area contributed by atoms with E-state index in [9.17, 15) is 0 Å². The van der Waals surface area contributed by atoms with Crippen molar-refractivity contribution in [3.8, 4) is 0 Å². The molecule has 3 atom stereocenters.